The van der Waals surface area contributed by atoms with Crippen molar-refractivity contribution in [3.63, 3.8) is 0 Å². The van der Waals surface area contributed by atoms with Crippen molar-refractivity contribution in [1.82, 2.24) is 0 Å². The highest BCUT2D eigenvalue weighted by molar-refractivity contribution is 5.68. The highest BCUT2D eigenvalue weighted by Gasteiger charge is 2.26. The van der Waals surface area contributed by atoms with Gasteiger partial charge in [0, 0.05) is 0 Å². The zero-order valence-electron chi connectivity index (χ0n) is 10.1. The van der Waals surface area contributed by atoms with E-state index in [-0.39, 0.29) is 6.42 Å². The summed E-state index contributed by atoms with van der Waals surface area (Å²) in [6, 6.07) is 6.85. The first kappa shape index (κ1) is 13.5. The van der Waals surface area contributed by atoms with Gasteiger partial charge in [0.05, 0.1) is 18.6 Å². The molecule has 1 atom stereocenters. The summed E-state index contributed by atoms with van der Waals surface area (Å²) < 4.78 is 5.41. The van der Waals surface area contributed by atoms with E-state index in [1.807, 2.05) is 6.92 Å². The van der Waals surface area contributed by atoms with Crippen LogP contribution >= 0.6 is 0 Å². The molecule has 94 valence electrons. The number of rotatable bonds is 6. The second kappa shape index (κ2) is 5.68. The second-order valence-electron chi connectivity index (χ2n) is 4.22. The third-order valence-electron chi connectivity index (χ3n) is 2.44. The maximum absolute atomic E-state index is 10.6. The molecule has 1 unspecified atom stereocenters. The first-order chi connectivity index (χ1) is 7.95. The van der Waals surface area contributed by atoms with Crippen molar-refractivity contribution in [2.45, 2.75) is 32.3 Å². The van der Waals surface area contributed by atoms with Crippen LogP contribution < -0.4 is 4.74 Å². The summed E-state index contributed by atoms with van der Waals surface area (Å²) >= 11 is 0. The SMILES string of the molecule is CCCOc1ccc(C(C)(O)CC(=O)O)cc1. The molecular weight excluding hydrogens is 220 g/mol. The summed E-state index contributed by atoms with van der Waals surface area (Å²) in [5.41, 5.74) is -0.779. The Hall–Kier alpha value is -1.55. The Morgan fingerprint density at radius 2 is 1.94 bits per heavy atom. The summed E-state index contributed by atoms with van der Waals surface area (Å²) in [5.74, 6) is -0.303. The van der Waals surface area contributed by atoms with Crippen molar-refractivity contribution in [2.24, 2.45) is 0 Å². The number of carbonyl (C=O) groups is 1. The van der Waals surface area contributed by atoms with Crippen molar-refractivity contribution in [2.75, 3.05) is 6.61 Å². The van der Waals surface area contributed by atoms with E-state index in [0.717, 1.165) is 12.2 Å². The van der Waals surface area contributed by atoms with E-state index in [2.05, 4.69) is 0 Å². The fourth-order valence-electron chi connectivity index (χ4n) is 1.53. The fraction of sp³-hybridized carbons (Fsp3) is 0.462. The van der Waals surface area contributed by atoms with E-state index >= 15 is 0 Å². The van der Waals surface area contributed by atoms with Gasteiger partial charge in [-0.15, -0.1) is 0 Å². The molecule has 0 aliphatic heterocycles. The Bertz CT molecular complexity index is 368. The standard InChI is InChI=1S/C13H18O4/c1-3-8-17-11-6-4-10(5-7-11)13(2,16)9-12(14)15/h4-7,16H,3,8-9H2,1-2H3,(H,14,15). The van der Waals surface area contributed by atoms with Gasteiger partial charge in [-0.1, -0.05) is 19.1 Å². The number of hydrogen-bond donors (Lipinski definition) is 2. The summed E-state index contributed by atoms with van der Waals surface area (Å²) in [6.07, 6.45) is 0.612. The van der Waals surface area contributed by atoms with Crippen LogP contribution in [0.3, 0.4) is 0 Å². The van der Waals surface area contributed by atoms with Crippen LogP contribution in [0.4, 0.5) is 0 Å². The molecule has 0 aliphatic carbocycles. The molecule has 0 saturated carbocycles. The molecule has 1 aromatic carbocycles. The van der Waals surface area contributed by atoms with E-state index in [0.29, 0.717) is 12.2 Å². The van der Waals surface area contributed by atoms with E-state index < -0.39 is 11.6 Å². The normalized spacial score (nSPS) is 14.1. The zero-order valence-corrected chi connectivity index (χ0v) is 10.1. The Kier molecular flexibility index (Phi) is 4.52. The largest absolute Gasteiger partial charge is 0.494 e. The molecule has 1 aromatic rings. The molecule has 0 fully saturated rings. The van der Waals surface area contributed by atoms with Gasteiger partial charge in [0.25, 0.3) is 0 Å². The minimum absolute atomic E-state index is 0.317. The van der Waals surface area contributed by atoms with Gasteiger partial charge >= 0.3 is 5.97 Å². The quantitative estimate of drug-likeness (QED) is 0.797. The first-order valence-electron chi connectivity index (χ1n) is 5.63. The number of ether oxygens (including phenoxy) is 1. The van der Waals surface area contributed by atoms with Crippen molar-refractivity contribution >= 4 is 5.97 Å². The minimum Gasteiger partial charge on any atom is -0.494 e. The number of aliphatic carboxylic acids is 1. The van der Waals surface area contributed by atoms with Gasteiger partial charge in [0.1, 0.15) is 5.75 Å². The van der Waals surface area contributed by atoms with Gasteiger partial charge in [0.15, 0.2) is 0 Å². The van der Waals surface area contributed by atoms with E-state index in [4.69, 9.17) is 9.84 Å². The maximum Gasteiger partial charge on any atom is 0.306 e. The van der Waals surface area contributed by atoms with E-state index in [1.165, 1.54) is 6.92 Å². The number of hydrogen-bond acceptors (Lipinski definition) is 3. The van der Waals surface area contributed by atoms with Crippen molar-refractivity contribution in [3.8, 4) is 5.75 Å². The second-order valence-corrected chi connectivity index (χ2v) is 4.22. The summed E-state index contributed by atoms with van der Waals surface area (Å²) in [5, 5.41) is 18.7. The van der Waals surface area contributed by atoms with Crippen molar-refractivity contribution in [3.05, 3.63) is 29.8 Å². The summed E-state index contributed by atoms with van der Waals surface area (Å²) in [6.45, 7) is 4.15. The maximum atomic E-state index is 10.6. The average molecular weight is 238 g/mol. The lowest BCUT2D eigenvalue weighted by atomic mass is 9.93. The minimum atomic E-state index is -1.35. The monoisotopic (exact) mass is 238 g/mol. The smallest absolute Gasteiger partial charge is 0.306 e. The van der Waals surface area contributed by atoms with Gasteiger partial charge in [-0.25, -0.2) is 0 Å². The molecule has 4 nitrogen and oxygen atoms in total. The van der Waals surface area contributed by atoms with Gasteiger partial charge in [-0.2, -0.15) is 0 Å². The van der Waals surface area contributed by atoms with Crippen LogP contribution in [0.1, 0.15) is 32.3 Å². The van der Waals surface area contributed by atoms with Gasteiger partial charge in [-0.3, -0.25) is 4.79 Å². The molecule has 0 amide bonds. The Morgan fingerprint density at radius 3 is 2.41 bits per heavy atom. The molecule has 17 heavy (non-hydrogen) atoms. The summed E-state index contributed by atoms with van der Waals surface area (Å²) in [7, 11) is 0. The molecule has 0 heterocycles. The lowest BCUT2D eigenvalue weighted by molar-refractivity contribution is -0.142. The fourth-order valence-corrected chi connectivity index (χ4v) is 1.53. The molecule has 0 saturated heterocycles. The first-order valence-corrected chi connectivity index (χ1v) is 5.63. The van der Waals surface area contributed by atoms with Crippen LogP contribution in [0, 0.1) is 0 Å². The van der Waals surface area contributed by atoms with E-state index in [1.54, 1.807) is 24.3 Å². The lowest BCUT2D eigenvalue weighted by Gasteiger charge is -2.21. The molecule has 0 spiro atoms. The number of benzene rings is 1. The predicted octanol–water partition coefficient (Wildman–Crippen LogP) is 2.16. The molecule has 2 N–H and O–H groups in total. The Balaban J connectivity index is 2.75. The predicted molar refractivity (Wildman–Crippen MR) is 64.1 cm³/mol. The third kappa shape index (κ3) is 4.07. The summed E-state index contributed by atoms with van der Waals surface area (Å²) in [4.78, 5) is 10.6. The number of carboxylic acid groups (broad SMARTS) is 1. The molecule has 0 aliphatic rings. The molecule has 0 aromatic heterocycles. The van der Waals surface area contributed by atoms with Crippen LogP contribution in [0.5, 0.6) is 5.75 Å². The van der Waals surface area contributed by atoms with Crippen LogP contribution in [0.15, 0.2) is 24.3 Å². The van der Waals surface area contributed by atoms with Crippen molar-refractivity contribution < 1.29 is 19.7 Å². The van der Waals surface area contributed by atoms with E-state index in [9.17, 15) is 9.90 Å². The molecule has 4 heteroatoms. The topological polar surface area (TPSA) is 66.8 Å². The molecule has 0 bridgehead atoms. The van der Waals surface area contributed by atoms with Crippen molar-refractivity contribution in [1.29, 1.82) is 0 Å². The van der Waals surface area contributed by atoms with Crippen LogP contribution in [0.25, 0.3) is 0 Å². The molecule has 1 rings (SSSR count). The highest BCUT2D eigenvalue weighted by Crippen LogP contribution is 2.26. The highest BCUT2D eigenvalue weighted by atomic mass is 16.5. The lowest BCUT2D eigenvalue weighted by Crippen LogP contribution is -2.24. The molecule has 0 radical (unpaired) electrons. The number of aliphatic hydroxyl groups is 1. The van der Waals surface area contributed by atoms with Gasteiger partial charge in [0.2, 0.25) is 0 Å². The van der Waals surface area contributed by atoms with Gasteiger partial charge in [-0.05, 0) is 31.0 Å². The Labute approximate surface area is 101 Å². The zero-order chi connectivity index (χ0) is 12.9. The van der Waals surface area contributed by atoms with Crippen LogP contribution in [0.2, 0.25) is 0 Å². The number of carboxylic acids is 1. The van der Waals surface area contributed by atoms with Crippen LogP contribution in [-0.4, -0.2) is 22.8 Å². The third-order valence-corrected chi connectivity index (χ3v) is 2.44. The molecular formula is C13H18O4. The van der Waals surface area contributed by atoms with Crippen LogP contribution in [-0.2, 0) is 10.4 Å². The Morgan fingerprint density at radius 1 is 1.35 bits per heavy atom. The van der Waals surface area contributed by atoms with Gasteiger partial charge < -0.3 is 14.9 Å². The average Bonchev–Trinajstić information content (AvgIpc) is 2.25.